The number of carbonyl (C=O) groups excluding carboxylic acids is 2. The van der Waals surface area contributed by atoms with Gasteiger partial charge in [0.25, 0.3) is 0 Å². The Bertz CT molecular complexity index is 719. The lowest BCUT2D eigenvalue weighted by Crippen LogP contribution is -2.01. The van der Waals surface area contributed by atoms with Crippen LogP contribution >= 0.6 is 0 Å². The zero-order chi connectivity index (χ0) is 14.3. The smallest absolute Gasteiger partial charge is 0.197 e. The molecule has 20 heavy (non-hydrogen) atoms. The molecule has 2 nitrogen and oxygen atoms in total. The van der Waals surface area contributed by atoms with Gasteiger partial charge in [-0.05, 0) is 18.2 Å². The molecule has 0 heterocycles. The fourth-order valence-corrected chi connectivity index (χ4v) is 2.20. The Labute approximate surface area is 113 Å². The standard InChI is InChI=1S/C16H8F2O2/c17-13-6-3-7-14(18)11(13)8-12-15(19)9-4-1-2-5-10(9)16(12)20/h1-8H. The van der Waals surface area contributed by atoms with Gasteiger partial charge in [-0.1, -0.05) is 30.3 Å². The van der Waals surface area contributed by atoms with Crippen molar-refractivity contribution in [2.45, 2.75) is 0 Å². The van der Waals surface area contributed by atoms with E-state index in [2.05, 4.69) is 0 Å². The Morgan fingerprint density at radius 2 is 1.25 bits per heavy atom. The van der Waals surface area contributed by atoms with Crippen LogP contribution in [0.3, 0.4) is 0 Å². The fourth-order valence-electron chi connectivity index (χ4n) is 2.20. The summed E-state index contributed by atoms with van der Waals surface area (Å²) < 4.78 is 27.2. The first-order valence-electron chi connectivity index (χ1n) is 5.93. The van der Waals surface area contributed by atoms with Crippen molar-refractivity contribution in [3.05, 3.63) is 76.4 Å². The van der Waals surface area contributed by atoms with Crippen molar-refractivity contribution in [3.63, 3.8) is 0 Å². The van der Waals surface area contributed by atoms with Crippen molar-refractivity contribution in [1.82, 2.24) is 0 Å². The van der Waals surface area contributed by atoms with Crippen molar-refractivity contribution in [2.24, 2.45) is 0 Å². The number of benzene rings is 2. The molecule has 0 radical (unpaired) electrons. The lowest BCUT2D eigenvalue weighted by atomic mass is 10.1. The molecule has 0 saturated heterocycles. The summed E-state index contributed by atoms with van der Waals surface area (Å²) in [6.45, 7) is 0. The van der Waals surface area contributed by atoms with Crippen LogP contribution in [0, 0.1) is 11.6 Å². The number of hydrogen-bond donors (Lipinski definition) is 0. The van der Waals surface area contributed by atoms with Gasteiger partial charge in [-0.3, -0.25) is 9.59 Å². The van der Waals surface area contributed by atoms with E-state index in [4.69, 9.17) is 0 Å². The highest BCUT2D eigenvalue weighted by atomic mass is 19.1. The monoisotopic (exact) mass is 270 g/mol. The third kappa shape index (κ3) is 1.77. The molecular formula is C16H8F2O2. The maximum Gasteiger partial charge on any atom is 0.197 e. The minimum Gasteiger partial charge on any atom is -0.288 e. The van der Waals surface area contributed by atoms with Gasteiger partial charge in [-0.25, -0.2) is 8.78 Å². The van der Waals surface area contributed by atoms with Gasteiger partial charge in [0.05, 0.1) is 5.57 Å². The molecule has 0 fully saturated rings. The lowest BCUT2D eigenvalue weighted by molar-refractivity contribution is 0.0990. The molecule has 0 spiro atoms. The van der Waals surface area contributed by atoms with Crippen LogP contribution in [0.25, 0.3) is 6.08 Å². The van der Waals surface area contributed by atoms with Gasteiger partial charge in [0, 0.05) is 16.7 Å². The van der Waals surface area contributed by atoms with E-state index in [0.717, 1.165) is 18.2 Å². The summed E-state index contributed by atoms with van der Waals surface area (Å²) >= 11 is 0. The molecule has 0 aliphatic heterocycles. The Hall–Kier alpha value is -2.62. The van der Waals surface area contributed by atoms with E-state index in [-0.39, 0.29) is 22.3 Å². The first-order valence-corrected chi connectivity index (χ1v) is 5.93. The second-order valence-corrected chi connectivity index (χ2v) is 4.40. The highest BCUT2D eigenvalue weighted by Gasteiger charge is 2.32. The topological polar surface area (TPSA) is 34.1 Å². The van der Waals surface area contributed by atoms with E-state index >= 15 is 0 Å². The van der Waals surface area contributed by atoms with Gasteiger partial charge >= 0.3 is 0 Å². The number of carbonyl (C=O) groups is 2. The minimum atomic E-state index is -0.811. The largest absolute Gasteiger partial charge is 0.288 e. The fraction of sp³-hybridized carbons (Fsp3) is 0. The van der Waals surface area contributed by atoms with Gasteiger partial charge < -0.3 is 0 Å². The number of ketones is 2. The third-order valence-electron chi connectivity index (χ3n) is 3.19. The highest BCUT2D eigenvalue weighted by molar-refractivity contribution is 6.41. The third-order valence-corrected chi connectivity index (χ3v) is 3.19. The van der Waals surface area contributed by atoms with Crippen molar-refractivity contribution >= 4 is 17.6 Å². The molecule has 1 aliphatic carbocycles. The Kier molecular flexibility index (Phi) is 2.79. The van der Waals surface area contributed by atoms with E-state index in [9.17, 15) is 18.4 Å². The molecule has 0 saturated carbocycles. The SMILES string of the molecule is O=C1C(=Cc2c(F)cccc2F)C(=O)c2ccccc21. The Morgan fingerprint density at radius 1 is 0.750 bits per heavy atom. The molecule has 3 rings (SSSR count). The maximum absolute atomic E-state index is 13.6. The van der Waals surface area contributed by atoms with Crippen LogP contribution in [-0.2, 0) is 0 Å². The Balaban J connectivity index is 2.16. The normalized spacial score (nSPS) is 13.6. The minimum absolute atomic E-state index is 0.213. The van der Waals surface area contributed by atoms with Gasteiger partial charge in [0.15, 0.2) is 11.6 Å². The predicted octanol–water partition coefficient (Wildman–Crippen LogP) is 3.43. The average molecular weight is 270 g/mol. The number of rotatable bonds is 1. The molecule has 1 aliphatic rings. The number of fused-ring (bicyclic) bond motifs is 1. The maximum atomic E-state index is 13.6. The van der Waals surface area contributed by atoms with Gasteiger partial charge in [-0.15, -0.1) is 0 Å². The number of halogens is 2. The first kappa shape index (κ1) is 12.4. The van der Waals surface area contributed by atoms with Crippen LogP contribution in [0.1, 0.15) is 26.3 Å². The van der Waals surface area contributed by atoms with Gasteiger partial charge in [0.2, 0.25) is 0 Å². The zero-order valence-corrected chi connectivity index (χ0v) is 10.2. The van der Waals surface area contributed by atoms with E-state index in [0.29, 0.717) is 0 Å². The summed E-state index contributed by atoms with van der Waals surface area (Å²) in [6, 6.07) is 9.69. The first-order chi connectivity index (χ1) is 9.59. The van der Waals surface area contributed by atoms with Crippen LogP contribution in [0.5, 0.6) is 0 Å². The molecule has 2 aromatic rings. The second-order valence-electron chi connectivity index (χ2n) is 4.40. The van der Waals surface area contributed by atoms with Crippen molar-refractivity contribution in [3.8, 4) is 0 Å². The van der Waals surface area contributed by atoms with E-state index in [1.54, 1.807) is 12.1 Å². The molecule has 0 amide bonds. The zero-order valence-electron chi connectivity index (χ0n) is 10.2. The van der Waals surface area contributed by atoms with Crippen LogP contribution in [0.4, 0.5) is 8.78 Å². The number of allylic oxidation sites excluding steroid dienone is 1. The summed E-state index contributed by atoms with van der Waals surface area (Å²) in [4.78, 5) is 24.2. The molecule has 0 N–H and O–H groups in total. The van der Waals surface area contributed by atoms with Crippen LogP contribution in [0.2, 0.25) is 0 Å². The molecule has 0 unspecified atom stereocenters. The summed E-state index contributed by atoms with van der Waals surface area (Å²) in [5, 5.41) is 0. The molecule has 98 valence electrons. The summed E-state index contributed by atoms with van der Waals surface area (Å²) in [6.07, 6.45) is 0.981. The van der Waals surface area contributed by atoms with Crippen LogP contribution in [0.15, 0.2) is 48.0 Å². The summed E-state index contributed by atoms with van der Waals surface area (Å²) in [5.74, 6) is -2.63. The quantitative estimate of drug-likeness (QED) is 0.587. The Morgan fingerprint density at radius 3 is 1.75 bits per heavy atom. The summed E-state index contributed by atoms with van der Waals surface area (Å²) in [7, 11) is 0. The lowest BCUT2D eigenvalue weighted by Gasteiger charge is -2.00. The van der Waals surface area contributed by atoms with E-state index in [1.165, 1.54) is 18.2 Å². The molecular weight excluding hydrogens is 262 g/mol. The van der Waals surface area contributed by atoms with E-state index in [1.807, 2.05) is 0 Å². The highest BCUT2D eigenvalue weighted by Crippen LogP contribution is 2.28. The van der Waals surface area contributed by atoms with E-state index < -0.39 is 23.2 Å². The second kappa shape index (κ2) is 4.49. The van der Waals surface area contributed by atoms with Gasteiger partial charge in [-0.2, -0.15) is 0 Å². The summed E-state index contributed by atoms with van der Waals surface area (Å²) in [5.41, 5.74) is -0.0619. The van der Waals surface area contributed by atoms with Crippen LogP contribution in [-0.4, -0.2) is 11.6 Å². The van der Waals surface area contributed by atoms with Gasteiger partial charge in [0.1, 0.15) is 11.6 Å². The van der Waals surface area contributed by atoms with Crippen molar-refractivity contribution in [1.29, 1.82) is 0 Å². The molecule has 0 bridgehead atoms. The molecule has 0 atom stereocenters. The van der Waals surface area contributed by atoms with Crippen molar-refractivity contribution < 1.29 is 18.4 Å². The average Bonchev–Trinajstić information content (AvgIpc) is 2.68. The predicted molar refractivity (Wildman–Crippen MR) is 69.4 cm³/mol. The molecule has 4 heteroatoms. The number of hydrogen-bond acceptors (Lipinski definition) is 2. The molecule has 0 aromatic heterocycles. The number of Topliss-reactive ketones (excluding diaryl/α,β-unsaturated/α-hetero) is 2. The van der Waals surface area contributed by atoms with Crippen molar-refractivity contribution in [2.75, 3.05) is 0 Å². The van der Waals surface area contributed by atoms with Crippen LogP contribution < -0.4 is 0 Å². The molecule has 2 aromatic carbocycles.